The number of benzene rings is 3. The van der Waals surface area contributed by atoms with Gasteiger partial charge in [0.2, 0.25) is 5.13 Å². The van der Waals surface area contributed by atoms with E-state index >= 15 is 0 Å². The van der Waals surface area contributed by atoms with Gasteiger partial charge in [0.1, 0.15) is 16.2 Å². The van der Waals surface area contributed by atoms with Crippen LogP contribution in [0.1, 0.15) is 30.9 Å². The number of rotatable bonds is 6. The van der Waals surface area contributed by atoms with Crippen LogP contribution in [0.15, 0.2) is 64.6 Å². The Hall–Kier alpha value is -4.16. The summed E-state index contributed by atoms with van der Waals surface area (Å²) in [6.45, 7) is 6.67. The lowest BCUT2D eigenvalue weighted by molar-refractivity contribution is -0.137. The molecule has 1 N–H and O–H groups in total. The second-order valence-corrected chi connectivity index (χ2v) is 11.7. The Kier molecular flexibility index (Phi) is 6.97. The van der Waals surface area contributed by atoms with Crippen molar-refractivity contribution in [1.29, 1.82) is 0 Å². The van der Waals surface area contributed by atoms with Gasteiger partial charge in [0.15, 0.2) is 5.84 Å². The lowest BCUT2D eigenvalue weighted by Gasteiger charge is -2.36. The van der Waals surface area contributed by atoms with E-state index < -0.39 is 11.7 Å². The van der Waals surface area contributed by atoms with E-state index in [9.17, 15) is 17.6 Å². The van der Waals surface area contributed by atoms with Gasteiger partial charge < -0.3 is 15.1 Å². The number of halogens is 4. The van der Waals surface area contributed by atoms with E-state index in [1.807, 2.05) is 6.07 Å². The third-order valence-corrected chi connectivity index (χ3v) is 8.82. The first-order chi connectivity index (χ1) is 20.8. The van der Waals surface area contributed by atoms with Crippen LogP contribution < -0.4 is 20.8 Å². The van der Waals surface area contributed by atoms with Crippen molar-refractivity contribution >= 4 is 44.9 Å². The summed E-state index contributed by atoms with van der Waals surface area (Å²) in [6, 6.07) is 13.1. The predicted molar refractivity (Wildman–Crippen MR) is 160 cm³/mol. The van der Waals surface area contributed by atoms with Gasteiger partial charge in [0.25, 0.3) is 0 Å². The fraction of sp³-hybridized carbons (Fsp3) is 0.290. The van der Waals surface area contributed by atoms with Gasteiger partial charge in [-0.05, 0) is 61.9 Å². The zero-order chi connectivity index (χ0) is 29.7. The minimum atomic E-state index is -4.41. The monoisotopic (exact) mass is 605 g/mol. The van der Waals surface area contributed by atoms with Crippen LogP contribution in [0.25, 0.3) is 16.1 Å². The Balaban J connectivity index is 1.32. The lowest BCUT2D eigenvalue weighted by atomic mass is 10.1. The number of nitrogens with zero attached hydrogens (tertiary/aromatic N) is 6. The smallest absolute Gasteiger partial charge is 0.367 e. The molecule has 12 heteroatoms. The molecule has 0 unspecified atom stereocenters. The van der Waals surface area contributed by atoms with Crippen LogP contribution in [0.4, 0.5) is 39.8 Å². The average Bonchev–Trinajstić information content (AvgIpc) is 3.58. The molecule has 1 aromatic heterocycles. The van der Waals surface area contributed by atoms with Gasteiger partial charge >= 0.3 is 6.18 Å². The Labute approximate surface area is 248 Å². The maximum absolute atomic E-state index is 13.5. The van der Waals surface area contributed by atoms with Gasteiger partial charge in [0, 0.05) is 42.5 Å². The third-order valence-electron chi connectivity index (χ3n) is 7.94. The molecule has 3 aliphatic rings. The Bertz CT molecular complexity index is 1830. The second kappa shape index (κ2) is 10.8. The minimum absolute atomic E-state index is 0.315. The van der Waals surface area contributed by atoms with E-state index in [1.165, 1.54) is 41.2 Å². The maximum Gasteiger partial charge on any atom is 0.416 e. The number of aliphatic imine (C=N–C) groups is 1. The number of anilines is 3. The molecule has 2 aliphatic heterocycles. The highest BCUT2D eigenvalue weighted by atomic mass is 32.1. The molecule has 7 rings (SSSR count). The highest BCUT2D eigenvalue weighted by Crippen LogP contribution is 2.37. The van der Waals surface area contributed by atoms with Crippen LogP contribution in [0.2, 0.25) is 0 Å². The normalized spacial score (nSPS) is 16.6. The summed E-state index contributed by atoms with van der Waals surface area (Å²) >= 11 is 1.38. The molecule has 7 nitrogen and oxygen atoms in total. The molecule has 0 bridgehead atoms. The zero-order valence-electron chi connectivity index (χ0n) is 23.2. The van der Waals surface area contributed by atoms with Crippen molar-refractivity contribution < 1.29 is 17.6 Å². The molecule has 4 aromatic rings. The van der Waals surface area contributed by atoms with Crippen LogP contribution in [-0.4, -0.2) is 53.7 Å². The second-order valence-electron chi connectivity index (χ2n) is 10.7. The summed E-state index contributed by atoms with van der Waals surface area (Å²) in [6.07, 6.45) is -2.56. The van der Waals surface area contributed by atoms with Crippen LogP contribution in [0.5, 0.6) is 0 Å². The predicted octanol–water partition coefficient (Wildman–Crippen LogP) is 5.90. The van der Waals surface area contributed by atoms with Crippen LogP contribution in [0.3, 0.4) is 0 Å². The summed E-state index contributed by atoms with van der Waals surface area (Å²) in [5.74, 6) is 0.0740. The molecule has 3 aromatic carbocycles. The fourth-order valence-corrected chi connectivity index (χ4v) is 6.21. The molecule has 0 atom stereocenters. The molecule has 1 saturated heterocycles. The SMILES string of the molecule is CCN1CCN(c2cc3c(c(=C4CC4)c2Nc2nnc(-c4ccc(F)cc4)s2)=NC(c2ccc(C(F)(F)F)cc2)=N3)CC1. The van der Waals surface area contributed by atoms with Gasteiger partial charge in [0.05, 0.1) is 22.6 Å². The van der Waals surface area contributed by atoms with E-state index in [0.717, 1.165) is 79.9 Å². The first kappa shape index (κ1) is 27.7. The number of hydrogen-bond donors (Lipinski definition) is 1. The zero-order valence-corrected chi connectivity index (χ0v) is 24.1. The molecule has 220 valence electrons. The van der Waals surface area contributed by atoms with Gasteiger partial charge in [-0.1, -0.05) is 36.0 Å². The number of aromatic nitrogens is 2. The van der Waals surface area contributed by atoms with Crippen LogP contribution in [-0.2, 0) is 6.18 Å². The molecule has 2 fully saturated rings. The Morgan fingerprint density at radius 3 is 2.23 bits per heavy atom. The summed E-state index contributed by atoms with van der Waals surface area (Å²) < 4.78 is 53.0. The molecule has 1 saturated carbocycles. The molecular formula is C31H27F4N7S. The van der Waals surface area contributed by atoms with E-state index in [0.29, 0.717) is 32.6 Å². The van der Waals surface area contributed by atoms with Crippen LogP contribution >= 0.6 is 11.3 Å². The average molecular weight is 606 g/mol. The highest BCUT2D eigenvalue weighted by molar-refractivity contribution is 7.18. The van der Waals surface area contributed by atoms with Crippen molar-refractivity contribution in [3.63, 3.8) is 0 Å². The van der Waals surface area contributed by atoms with E-state index in [4.69, 9.17) is 9.98 Å². The molecule has 3 heterocycles. The summed E-state index contributed by atoms with van der Waals surface area (Å²) in [5.41, 5.74) is 4.39. The quantitative estimate of drug-likeness (QED) is 0.277. The van der Waals surface area contributed by atoms with Gasteiger partial charge in [-0.3, -0.25) is 0 Å². The molecule has 0 amide bonds. The lowest BCUT2D eigenvalue weighted by Crippen LogP contribution is -2.47. The topological polar surface area (TPSA) is 69.0 Å². The summed E-state index contributed by atoms with van der Waals surface area (Å²) in [7, 11) is 0. The molecular weight excluding hydrogens is 578 g/mol. The standard InChI is InChI=1S/C31H27F4N7S/c1-2-41-13-15-42(16-14-41)24-17-23-26(37-28(36-23)19-5-9-21(10-6-19)31(33,34)35)25(18-3-4-18)27(24)38-30-40-39-29(43-30)20-7-11-22(32)12-8-20/h5-12,17H,2-4,13-16H2,1H3,(H,38,40). The van der Waals surface area contributed by atoms with E-state index in [-0.39, 0.29) is 5.82 Å². The van der Waals surface area contributed by atoms with Crippen molar-refractivity contribution in [2.24, 2.45) is 9.98 Å². The van der Waals surface area contributed by atoms with E-state index in [2.05, 4.69) is 32.2 Å². The van der Waals surface area contributed by atoms with Crippen molar-refractivity contribution in [2.45, 2.75) is 25.9 Å². The molecule has 0 spiro atoms. The molecule has 1 aliphatic carbocycles. The fourth-order valence-electron chi connectivity index (χ4n) is 5.45. The van der Waals surface area contributed by atoms with Gasteiger partial charge in [-0.2, -0.15) is 13.2 Å². The van der Waals surface area contributed by atoms with Crippen LogP contribution in [0, 0.1) is 5.82 Å². The number of nitrogens with one attached hydrogen (secondary N) is 1. The maximum atomic E-state index is 13.5. The number of likely N-dealkylation sites (N-methyl/N-ethyl adjacent to an activating group) is 1. The van der Waals surface area contributed by atoms with Crippen molar-refractivity contribution in [2.75, 3.05) is 42.9 Å². The van der Waals surface area contributed by atoms with Crippen molar-refractivity contribution in [1.82, 2.24) is 15.1 Å². The largest absolute Gasteiger partial charge is 0.416 e. The number of fused-ring (bicyclic) bond motifs is 1. The first-order valence-electron chi connectivity index (χ1n) is 14.1. The molecule has 43 heavy (non-hydrogen) atoms. The first-order valence-corrected chi connectivity index (χ1v) is 15.0. The summed E-state index contributed by atoms with van der Waals surface area (Å²) in [5, 5.41) is 15.2. The van der Waals surface area contributed by atoms with E-state index in [1.54, 1.807) is 12.1 Å². The van der Waals surface area contributed by atoms with Gasteiger partial charge in [-0.15, -0.1) is 10.2 Å². The minimum Gasteiger partial charge on any atom is -0.367 e. The number of alkyl halides is 3. The highest BCUT2D eigenvalue weighted by Gasteiger charge is 2.31. The van der Waals surface area contributed by atoms with Gasteiger partial charge in [-0.25, -0.2) is 14.4 Å². The third kappa shape index (κ3) is 5.52. The summed E-state index contributed by atoms with van der Waals surface area (Å²) in [4.78, 5) is 14.4. The Morgan fingerprint density at radius 1 is 0.884 bits per heavy atom. The Morgan fingerprint density at radius 2 is 1.58 bits per heavy atom. The molecule has 0 radical (unpaired) electrons. The van der Waals surface area contributed by atoms with Crippen molar-refractivity contribution in [3.8, 4) is 10.6 Å². The van der Waals surface area contributed by atoms with Crippen molar-refractivity contribution in [3.05, 3.63) is 82.1 Å². The number of piperazine rings is 1. The number of hydrogen-bond acceptors (Lipinski definition) is 8. The number of amidine groups is 1.